The fourth-order valence-electron chi connectivity index (χ4n) is 1.07. The molecule has 1 aromatic rings. The molecule has 0 aliphatic heterocycles. The maximum atomic E-state index is 10.7. The number of rotatable bonds is 3. The molecule has 0 fully saturated rings. The number of aromatic hydroxyl groups is 1. The monoisotopic (exact) mass is 258 g/mol. The highest BCUT2D eigenvalue weighted by Crippen LogP contribution is 2.36. The minimum atomic E-state index is -0.236. The van der Waals surface area contributed by atoms with Crippen molar-refractivity contribution < 1.29 is 19.4 Å². The first kappa shape index (κ1) is 10.7. The summed E-state index contributed by atoms with van der Waals surface area (Å²) in [6.45, 7) is 0. The first-order valence-electron chi connectivity index (χ1n) is 3.65. The Bertz CT molecular complexity index is 387. The maximum absolute atomic E-state index is 10.7. The van der Waals surface area contributed by atoms with Gasteiger partial charge >= 0.3 is 0 Å². The minimum Gasteiger partial charge on any atom is -0.504 e. The predicted molar refractivity (Wildman–Crippen MR) is 53.1 cm³/mol. The van der Waals surface area contributed by atoms with Crippen LogP contribution in [0.1, 0.15) is 20.7 Å². The highest BCUT2D eigenvalue weighted by atomic mass is 79.9. The SMILES string of the molecule is COc1c(O)cc(C=O)c(Br)c1C=O. The van der Waals surface area contributed by atoms with E-state index in [0.29, 0.717) is 17.0 Å². The van der Waals surface area contributed by atoms with Crippen LogP contribution in [0.3, 0.4) is 0 Å². The van der Waals surface area contributed by atoms with Gasteiger partial charge in [-0.25, -0.2) is 0 Å². The number of carbonyl (C=O) groups is 2. The Labute approximate surface area is 88.6 Å². The van der Waals surface area contributed by atoms with Gasteiger partial charge in [-0.1, -0.05) is 0 Å². The van der Waals surface area contributed by atoms with Gasteiger partial charge in [-0.05, 0) is 22.0 Å². The lowest BCUT2D eigenvalue weighted by molar-refractivity contribution is 0.111. The van der Waals surface area contributed by atoms with Crippen LogP contribution in [0, 0.1) is 0 Å². The molecule has 0 heterocycles. The van der Waals surface area contributed by atoms with Gasteiger partial charge in [0, 0.05) is 10.0 Å². The molecule has 0 aliphatic rings. The van der Waals surface area contributed by atoms with Crippen molar-refractivity contribution in [3.05, 3.63) is 21.7 Å². The quantitative estimate of drug-likeness (QED) is 0.840. The molecule has 1 rings (SSSR count). The van der Waals surface area contributed by atoms with E-state index >= 15 is 0 Å². The topological polar surface area (TPSA) is 63.6 Å². The van der Waals surface area contributed by atoms with E-state index in [2.05, 4.69) is 15.9 Å². The van der Waals surface area contributed by atoms with Crippen LogP contribution in [0.5, 0.6) is 11.5 Å². The zero-order valence-corrected chi connectivity index (χ0v) is 8.87. The molecule has 1 aromatic carbocycles. The van der Waals surface area contributed by atoms with Crippen molar-refractivity contribution in [1.29, 1.82) is 0 Å². The number of hydrogen-bond donors (Lipinski definition) is 1. The molecule has 4 nitrogen and oxygen atoms in total. The lowest BCUT2D eigenvalue weighted by Crippen LogP contribution is -1.96. The summed E-state index contributed by atoms with van der Waals surface area (Å²) in [5, 5.41) is 9.40. The molecule has 0 amide bonds. The smallest absolute Gasteiger partial charge is 0.172 e. The predicted octanol–water partition coefficient (Wildman–Crippen LogP) is 1.79. The van der Waals surface area contributed by atoms with E-state index < -0.39 is 0 Å². The highest BCUT2D eigenvalue weighted by molar-refractivity contribution is 9.10. The lowest BCUT2D eigenvalue weighted by atomic mass is 10.1. The number of phenolic OH excluding ortho intramolecular Hbond substituents is 1. The van der Waals surface area contributed by atoms with Crippen LogP contribution in [0.15, 0.2) is 10.5 Å². The van der Waals surface area contributed by atoms with Crippen molar-refractivity contribution >= 4 is 28.5 Å². The summed E-state index contributed by atoms with van der Waals surface area (Å²) in [7, 11) is 1.33. The Kier molecular flexibility index (Phi) is 3.24. The van der Waals surface area contributed by atoms with Gasteiger partial charge in [0.15, 0.2) is 24.1 Å². The van der Waals surface area contributed by atoms with E-state index in [1.54, 1.807) is 0 Å². The van der Waals surface area contributed by atoms with Crippen molar-refractivity contribution in [1.82, 2.24) is 0 Å². The third kappa shape index (κ3) is 1.63. The molecule has 1 N–H and O–H groups in total. The van der Waals surface area contributed by atoms with E-state index in [-0.39, 0.29) is 22.6 Å². The molecule has 0 aromatic heterocycles. The number of ether oxygens (including phenoxy) is 1. The summed E-state index contributed by atoms with van der Waals surface area (Å²) in [6, 6.07) is 1.23. The third-order valence-corrected chi connectivity index (χ3v) is 2.59. The summed E-state index contributed by atoms with van der Waals surface area (Å²) < 4.78 is 5.14. The zero-order valence-electron chi connectivity index (χ0n) is 7.28. The summed E-state index contributed by atoms with van der Waals surface area (Å²) in [4.78, 5) is 21.2. The van der Waals surface area contributed by atoms with Crippen LogP contribution >= 0.6 is 15.9 Å². The van der Waals surface area contributed by atoms with E-state index in [1.807, 2.05) is 0 Å². The number of methoxy groups -OCH3 is 1. The molecule has 0 atom stereocenters. The van der Waals surface area contributed by atoms with Crippen molar-refractivity contribution in [2.45, 2.75) is 0 Å². The molecule has 0 aliphatic carbocycles. The molecule has 0 radical (unpaired) electrons. The molecular formula is C9H7BrO4. The van der Waals surface area contributed by atoms with Crippen molar-refractivity contribution in [2.24, 2.45) is 0 Å². The van der Waals surface area contributed by atoms with Gasteiger partial charge in [0.25, 0.3) is 0 Å². The molecule has 74 valence electrons. The summed E-state index contributed by atoms with van der Waals surface area (Å²) in [5.41, 5.74) is 0.319. The van der Waals surface area contributed by atoms with E-state index in [0.717, 1.165) is 0 Å². The number of phenols is 1. The van der Waals surface area contributed by atoms with E-state index in [1.165, 1.54) is 13.2 Å². The largest absolute Gasteiger partial charge is 0.504 e. The van der Waals surface area contributed by atoms with Crippen molar-refractivity contribution in [2.75, 3.05) is 7.11 Å². The van der Waals surface area contributed by atoms with E-state index in [4.69, 9.17) is 4.74 Å². The number of halogens is 1. The van der Waals surface area contributed by atoms with Gasteiger partial charge in [0.05, 0.1) is 12.7 Å². The van der Waals surface area contributed by atoms with Crippen LogP contribution in [-0.2, 0) is 0 Å². The van der Waals surface area contributed by atoms with Crippen LogP contribution in [0.25, 0.3) is 0 Å². The second-order valence-electron chi connectivity index (χ2n) is 2.48. The second kappa shape index (κ2) is 4.23. The normalized spacial score (nSPS) is 9.57. The molecule has 0 bridgehead atoms. The fraction of sp³-hybridized carbons (Fsp3) is 0.111. The lowest BCUT2D eigenvalue weighted by Gasteiger charge is -2.09. The van der Waals surface area contributed by atoms with Crippen LogP contribution in [0.4, 0.5) is 0 Å². The highest BCUT2D eigenvalue weighted by Gasteiger charge is 2.15. The van der Waals surface area contributed by atoms with E-state index in [9.17, 15) is 14.7 Å². The molecule has 0 saturated heterocycles. The van der Waals surface area contributed by atoms with Gasteiger partial charge in [-0.3, -0.25) is 9.59 Å². The fourth-order valence-corrected chi connectivity index (χ4v) is 1.56. The molecule has 0 unspecified atom stereocenters. The molecule has 14 heavy (non-hydrogen) atoms. The molecular weight excluding hydrogens is 252 g/mol. The second-order valence-corrected chi connectivity index (χ2v) is 3.27. The van der Waals surface area contributed by atoms with Crippen LogP contribution < -0.4 is 4.74 Å². The van der Waals surface area contributed by atoms with Crippen molar-refractivity contribution in [3.8, 4) is 11.5 Å². The Morgan fingerprint density at radius 3 is 2.50 bits per heavy atom. The number of benzene rings is 1. The standard InChI is InChI=1S/C9H7BrO4/c1-14-9-6(4-12)8(10)5(3-11)2-7(9)13/h2-4,13H,1H3. The number of aldehydes is 2. The Morgan fingerprint density at radius 1 is 1.43 bits per heavy atom. The van der Waals surface area contributed by atoms with Gasteiger partial charge in [-0.15, -0.1) is 0 Å². The Balaban J connectivity index is 3.55. The molecule has 0 spiro atoms. The first-order valence-corrected chi connectivity index (χ1v) is 4.44. The Hall–Kier alpha value is -1.36. The van der Waals surface area contributed by atoms with Gasteiger partial charge in [0.2, 0.25) is 0 Å². The summed E-state index contributed by atoms with van der Waals surface area (Å²) >= 11 is 3.07. The average molecular weight is 259 g/mol. The number of carbonyl (C=O) groups excluding carboxylic acids is 2. The summed E-state index contributed by atoms with van der Waals surface area (Å²) in [5.74, 6) is -0.183. The van der Waals surface area contributed by atoms with Crippen LogP contribution in [-0.4, -0.2) is 24.8 Å². The Morgan fingerprint density at radius 2 is 2.07 bits per heavy atom. The summed E-state index contributed by atoms with van der Waals surface area (Å²) in [6.07, 6.45) is 1.05. The third-order valence-electron chi connectivity index (χ3n) is 1.71. The van der Waals surface area contributed by atoms with Gasteiger partial charge in [0.1, 0.15) is 0 Å². The van der Waals surface area contributed by atoms with Gasteiger partial charge in [-0.2, -0.15) is 0 Å². The first-order chi connectivity index (χ1) is 6.65. The van der Waals surface area contributed by atoms with Crippen molar-refractivity contribution in [3.63, 3.8) is 0 Å². The number of hydrogen-bond acceptors (Lipinski definition) is 4. The van der Waals surface area contributed by atoms with Gasteiger partial charge < -0.3 is 9.84 Å². The average Bonchev–Trinajstić information content (AvgIpc) is 2.20. The van der Waals surface area contributed by atoms with Crippen LogP contribution in [0.2, 0.25) is 0 Å². The molecule has 0 saturated carbocycles. The maximum Gasteiger partial charge on any atom is 0.172 e. The molecule has 5 heteroatoms. The zero-order chi connectivity index (χ0) is 10.7. The minimum absolute atomic E-state index is 0.0532.